The number of hydrogen-bond donors (Lipinski definition) is 0. The van der Waals surface area contributed by atoms with Crippen LogP contribution in [-0.2, 0) is 9.53 Å². The summed E-state index contributed by atoms with van der Waals surface area (Å²) in [6, 6.07) is 0. The van der Waals surface area contributed by atoms with Crippen molar-refractivity contribution in [2.75, 3.05) is 6.61 Å². The number of ether oxygens (including phenoxy) is 1. The fourth-order valence-electron chi connectivity index (χ4n) is 2.42. The first-order valence-electron chi connectivity index (χ1n) is 6.93. The van der Waals surface area contributed by atoms with Crippen LogP contribution in [0.15, 0.2) is 23.3 Å². The first-order valence-corrected chi connectivity index (χ1v) is 6.93. The Morgan fingerprint density at radius 2 is 2.17 bits per heavy atom. The SMILES string of the molecule is CC(=O)OC[C@H]1CC=C(CCC=C(C)C)C[C@H]1C. The number of carbonyl (C=O) groups excluding carboxylic acids is 1. The van der Waals surface area contributed by atoms with Gasteiger partial charge >= 0.3 is 5.97 Å². The molecule has 0 saturated heterocycles. The maximum absolute atomic E-state index is 10.8. The van der Waals surface area contributed by atoms with Crippen LogP contribution >= 0.6 is 0 Å². The van der Waals surface area contributed by atoms with Crippen LogP contribution in [0.25, 0.3) is 0 Å². The molecule has 2 atom stereocenters. The van der Waals surface area contributed by atoms with Crippen LogP contribution in [-0.4, -0.2) is 12.6 Å². The van der Waals surface area contributed by atoms with Crippen LogP contribution in [0, 0.1) is 11.8 Å². The van der Waals surface area contributed by atoms with Crippen molar-refractivity contribution in [1.82, 2.24) is 0 Å². The third-order valence-electron chi connectivity index (χ3n) is 3.62. The quantitative estimate of drug-likeness (QED) is 0.538. The van der Waals surface area contributed by atoms with Crippen LogP contribution in [0.1, 0.15) is 53.4 Å². The highest BCUT2D eigenvalue weighted by Crippen LogP contribution is 2.31. The summed E-state index contributed by atoms with van der Waals surface area (Å²) in [5.74, 6) is 0.956. The minimum Gasteiger partial charge on any atom is -0.466 e. The summed E-state index contributed by atoms with van der Waals surface area (Å²) in [4.78, 5) is 10.8. The predicted octanol–water partition coefficient (Wildman–Crippen LogP) is 4.27. The van der Waals surface area contributed by atoms with Gasteiger partial charge in [0.15, 0.2) is 0 Å². The highest BCUT2D eigenvalue weighted by Gasteiger charge is 2.22. The Balaban J connectivity index is 2.38. The van der Waals surface area contributed by atoms with Gasteiger partial charge in [-0.05, 0) is 51.4 Å². The summed E-state index contributed by atoms with van der Waals surface area (Å²) in [7, 11) is 0. The number of allylic oxidation sites excluding steroid dienone is 4. The van der Waals surface area contributed by atoms with Crippen molar-refractivity contribution in [2.45, 2.75) is 53.4 Å². The summed E-state index contributed by atoms with van der Waals surface area (Å²) < 4.78 is 5.12. The van der Waals surface area contributed by atoms with Crippen LogP contribution < -0.4 is 0 Å². The predicted molar refractivity (Wildman–Crippen MR) is 75.3 cm³/mol. The molecule has 18 heavy (non-hydrogen) atoms. The summed E-state index contributed by atoms with van der Waals surface area (Å²) in [5.41, 5.74) is 2.96. The third-order valence-corrected chi connectivity index (χ3v) is 3.62. The van der Waals surface area contributed by atoms with Crippen LogP contribution in [0.4, 0.5) is 0 Å². The Labute approximate surface area is 111 Å². The summed E-state index contributed by atoms with van der Waals surface area (Å²) >= 11 is 0. The van der Waals surface area contributed by atoms with Crippen molar-refractivity contribution in [3.05, 3.63) is 23.3 Å². The second-order valence-corrected chi connectivity index (χ2v) is 5.66. The van der Waals surface area contributed by atoms with Gasteiger partial charge in [0.05, 0.1) is 6.61 Å². The van der Waals surface area contributed by atoms with Crippen molar-refractivity contribution in [3.8, 4) is 0 Å². The fourth-order valence-corrected chi connectivity index (χ4v) is 2.42. The van der Waals surface area contributed by atoms with Crippen LogP contribution in [0.3, 0.4) is 0 Å². The number of esters is 1. The average Bonchev–Trinajstić information content (AvgIpc) is 2.27. The van der Waals surface area contributed by atoms with Crippen molar-refractivity contribution in [3.63, 3.8) is 0 Å². The molecule has 2 nitrogen and oxygen atoms in total. The van der Waals surface area contributed by atoms with E-state index in [0.717, 1.165) is 19.3 Å². The van der Waals surface area contributed by atoms with E-state index >= 15 is 0 Å². The zero-order chi connectivity index (χ0) is 13.5. The Morgan fingerprint density at radius 3 is 2.72 bits per heavy atom. The molecule has 102 valence electrons. The summed E-state index contributed by atoms with van der Waals surface area (Å²) in [6.07, 6.45) is 9.19. The van der Waals surface area contributed by atoms with E-state index in [1.54, 1.807) is 5.57 Å². The average molecular weight is 250 g/mol. The molecule has 0 amide bonds. The van der Waals surface area contributed by atoms with Gasteiger partial charge < -0.3 is 4.74 Å². The van der Waals surface area contributed by atoms with E-state index in [1.165, 1.54) is 18.9 Å². The standard InChI is InChI=1S/C16H26O2/c1-12(2)6-5-7-15-8-9-16(13(3)10-15)11-18-14(4)17/h6,8,13,16H,5,7,9-11H2,1-4H3/t13-,16-/m1/s1. The normalized spacial score (nSPS) is 23.2. The largest absolute Gasteiger partial charge is 0.466 e. The molecule has 2 heteroatoms. The third kappa shape index (κ3) is 5.52. The van der Waals surface area contributed by atoms with E-state index in [2.05, 4.69) is 32.9 Å². The fraction of sp³-hybridized carbons (Fsp3) is 0.688. The zero-order valence-electron chi connectivity index (χ0n) is 12.2. The molecule has 1 rings (SSSR count). The monoisotopic (exact) mass is 250 g/mol. The topological polar surface area (TPSA) is 26.3 Å². The first-order chi connectivity index (χ1) is 8.49. The lowest BCUT2D eigenvalue weighted by atomic mass is 9.80. The second kappa shape index (κ2) is 7.40. The molecule has 0 fully saturated rings. The molecule has 0 unspecified atom stereocenters. The Bertz CT molecular complexity index is 335. The highest BCUT2D eigenvalue weighted by molar-refractivity contribution is 5.65. The van der Waals surface area contributed by atoms with Crippen LogP contribution in [0.5, 0.6) is 0 Å². The molecular weight excluding hydrogens is 224 g/mol. The van der Waals surface area contributed by atoms with Crippen molar-refractivity contribution >= 4 is 5.97 Å². The van der Waals surface area contributed by atoms with Gasteiger partial charge in [0.1, 0.15) is 0 Å². The van der Waals surface area contributed by atoms with Gasteiger partial charge in [0, 0.05) is 6.92 Å². The van der Waals surface area contributed by atoms with Gasteiger partial charge in [0.2, 0.25) is 0 Å². The van der Waals surface area contributed by atoms with Gasteiger partial charge in [-0.1, -0.05) is 30.2 Å². The van der Waals surface area contributed by atoms with Gasteiger partial charge in [-0.2, -0.15) is 0 Å². The lowest BCUT2D eigenvalue weighted by Crippen LogP contribution is -2.22. The maximum atomic E-state index is 10.8. The lowest BCUT2D eigenvalue weighted by Gasteiger charge is -2.28. The number of carbonyl (C=O) groups is 1. The van der Waals surface area contributed by atoms with E-state index in [1.807, 2.05) is 0 Å². The maximum Gasteiger partial charge on any atom is 0.302 e. The van der Waals surface area contributed by atoms with Gasteiger partial charge in [-0.15, -0.1) is 0 Å². The van der Waals surface area contributed by atoms with E-state index in [4.69, 9.17) is 4.74 Å². The molecule has 0 aromatic heterocycles. The minimum atomic E-state index is -0.166. The lowest BCUT2D eigenvalue weighted by molar-refractivity contribution is -0.142. The van der Waals surface area contributed by atoms with Crippen LogP contribution in [0.2, 0.25) is 0 Å². The molecule has 0 aliphatic heterocycles. The smallest absolute Gasteiger partial charge is 0.302 e. The molecule has 0 radical (unpaired) electrons. The van der Waals surface area contributed by atoms with Gasteiger partial charge in [-0.25, -0.2) is 0 Å². The van der Waals surface area contributed by atoms with E-state index in [9.17, 15) is 4.79 Å². The minimum absolute atomic E-state index is 0.166. The van der Waals surface area contributed by atoms with E-state index in [-0.39, 0.29) is 5.97 Å². The highest BCUT2D eigenvalue weighted by atomic mass is 16.5. The molecule has 0 aromatic carbocycles. The summed E-state index contributed by atoms with van der Waals surface area (Å²) in [5, 5.41) is 0. The molecule has 0 N–H and O–H groups in total. The van der Waals surface area contributed by atoms with Crippen molar-refractivity contribution in [1.29, 1.82) is 0 Å². The van der Waals surface area contributed by atoms with Crippen molar-refractivity contribution < 1.29 is 9.53 Å². The summed E-state index contributed by atoms with van der Waals surface area (Å²) in [6.45, 7) is 8.62. The molecule has 0 saturated carbocycles. The van der Waals surface area contributed by atoms with Gasteiger partial charge in [-0.3, -0.25) is 4.79 Å². The Morgan fingerprint density at radius 1 is 1.44 bits per heavy atom. The first kappa shape index (κ1) is 15.0. The Hall–Kier alpha value is -1.05. The van der Waals surface area contributed by atoms with E-state index in [0.29, 0.717) is 18.4 Å². The zero-order valence-corrected chi connectivity index (χ0v) is 12.2. The second-order valence-electron chi connectivity index (χ2n) is 5.66. The number of hydrogen-bond acceptors (Lipinski definition) is 2. The Kier molecular flexibility index (Phi) is 6.17. The van der Waals surface area contributed by atoms with Gasteiger partial charge in [0.25, 0.3) is 0 Å². The molecule has 0 bridgehead atoms. The molecular formula is C16H26O2. The molecule has 1 aliphatic rings. The van der Waals surface area contributed by atoms with Crippen molar-refractivity contribution in [2.24, 2.45) is 11.8 Å². The molecule has 1 aliphatic carbocycles. The van der Waals surface area contributed by atoms with E-state index < -0.39 is 0 Å². The molecule has 0 heterocycles. The molecule has 0 aromatic rings. The molecule has 0 spiro atoms. The number of rotatable bonds is 5.